The van der Waals surface area contributed by atoms with Gasteiger partial charge >= 0.3 is 0 Å². The first-order valence-electron chi connectivity index (χ1n) is 14.1. The quantitative estimate of drug-likeness (QED) is 0.306. The third kappa shape index (κ3) is 8.31. The minimum absolute atomic E-state index is 0.141. The van der Waals surface area contributed by atoms with Crippen LogP contribution in [0.2, 0.25) is 0 Å². The van der Waals surface area contributed by atoms with E-state index in [9.17, 15) is 14.4 Å². The first-order valence-corrected chi connectivity index (χ1v) is 14.1. The van der Waals surface area contributed by atoms with Crippen LogP contribution >= 0.6 is 0 Å². The molecule has 0 radical (unpaired) electrons. The summed E-state index contributed by atoms with van der Waals surface area (Å²) in [6.45, 7) is 31.2. The molecule has 0 atom stereocenters. The van der Waals surface area contributed by atoms with Crippen molar-refractivity contribution in [2.45, 2.75) is 139 Å². The predicted molar refractivity (Wildman–Crippen MR) is 163 cm³/mol. The van der Waals surface area contributed by atoms with E-state index in [4.69, 9.17) is 17.2 Å². The fourth-order valence-electron chi connectivity index (χ4n) is 7.76. The van der Waals surface area contributed by atoms with Crippen molar-refractivity contribution in [3.63, 3.8) is 0 Å². The highest BCUT2D eigenvalue weighted by Gasteiger charge is 2.46. The van der Waals surface area contributed by atoms with Gasteiger partial charge in [0.25, 0.3) is 0 Å². The van der Waals surface area contributed by atoms with Crippen molar-refractivity contribution in [2.75, 3.05) is 0 Å². The van der Waals surface area contributed by atoms with Gasteiger partial charge in [0.15, 0.2) is 0 Å². The summed E-state index contributed by atoms with van der Waals surface area (Å²) >= 11 is 0. The molecule has 1 rings (SSSR count). The minimum atomic E-state index is -0.686. The zero-order valence-electron chi connectivity index (χ0n) is 27.6. The fourth-order valence-corrected chi connectivity index (χ4v) is 7.76. The Morgan fingerprint density at radius 2 is 0.564 bits per heavy atom. The maximum absolute atomic E-state index is 13.5. The lowest BCUT2D eigenvalue weighted by atomic mass is 9.59. The van der Waals surface area contributed by atoms with E-state index in [1.807, 2.05) is 41.5 Å². The summed E-state index contributed by atoms with van der Waals surface area (Å²) in [6, 6.07) is 0. The molecule has 1 aromatic carbocycles. The monoisotopic (exact) mass is 543 g/mol. The van der Waals surface area contributed by atoms with Crippen LogP contribution in [0.1, 0.15) is 171 Å². The van der Waals surface area contributed by atoms with Gasteiger partial charge in [-0.15, -0.1) is 0 Å². The van der Waals surface area contributed by atoms with Gasteiger partial charge in [-0.2, -0.15) is 0 Å². The summed E-state index contributed by atoms with van der Waals surface area (Å²) in [5.74, 6) is -2.06. The normalized spacial score (nSPS) is 13.9. The molecular formula is C33H57N3O3. The zero-order valence-corrected chi connectivity index (χ0v) is 27.6. The molecule has 1 aromatic rings. The summed E-state index contributed by atoms with van der Waals surface area (Å²) in [5.41, 5.74) is 18.3. The van der Waals surface area contributed by atoms with Gasteiger partial charge < -0.3 is 17.2 Å². The van der Waals surface area contributed by atoms with Crippen molar-refractivity contribution in [3.05, 3.63) is 33.4 Å². The zero-order chi connectivity index (χ0) is 31.3. The molecule has 0 aliphatic carbocycles. The van der Waals surface area contributed by atoms with Crippen LogP contribution in [-0.2, 0) is 16.2 Å². The molecule has 39 heavy (non-hydrogen) atoms. The maximum Gasteiger partial charge on any atom is 0.249 e. The molecule has 3 amide bonds. The van der Waals surface area contributed by atoms with E-state index in [0.717, 1.165) is 0 Å². The van der Waals surface area contributed by atoms with Crippen LogP contribution in [-0.4, -0.2) is 17.7 Å². The SMILES string of the molecule is CC(C)(C)CC(C)(C)c1c(C(N)=O)c(C(C)(C)CC(C)(C)C)c(C(N)=O)c(C(C)(C)CC(C)(C)C)c1C(N)=O. The van der Waals surface area contributed by atoms with Crippen LogP contribution in [0.15, 0.2) is 0 Å². The average Bonchev–Trinajstić information content (AvgIpc) is 2.59. The molecular weight excluding hydrogens is 486 g/mol. The molecule has 0 bridgehead atoms. The maximum atomic E-state index is 13.5. The number of nitrogens with two attached hydrogens (primary N) is 3. The Hall–Kier alpha value is -2.37. The second-order valence-corrected chi connectivity index (χ2v) is 17.2. The second kappa shape index (κ2) is 10.6. The molecule has 0 aromatic heterocycles. The number of hydrogen-bond acceptors (Lipinski definition) is 3. The number of hydrogen-bond donors (Lipinski definition) is 3. The Bertz CT molecular complexity index is 971. The summed E-state index contributed by atoms with van der Waals surface area (Å²) in [6.07, 6.45) is 1.94. The molecule has 6 nitrogen and oxygen atoms in total. The molecule has 0 fully saturated rings. The van der Waals surface area contributed by atoms with Gasteiger partial charge in [0.05, 0.1) is 0 Å². The van der Waals surface area contributed by atoms with E-state index in [1.165, 1.54) is 0 Å². The minimum Gasteiger partial charge on any atom is -0.366 e. The number of carbonyl (C=O) groups excluding carboxylic acids is 3. The Morgan fingerprint density at radius 3 is 0.667 bits per heavy atom. The van der Waals surface area contributed by atoms with E-state index in [2.05, 4.69) is 62.3 Å². The third-order valence-electron chi connectivity index (χ3n) is 7.19. The molecule has 0 aliphatic rings. The second-order valence-electron chi connectivity index (χ2n) is 17.2. The number of carbonyl (C=O) groups is 3. The van der Waals surface area contributed by atoms with Crippen molar-refractivity contribution < 1.29 is 14.4 Å². The van der Waals surface area contributed by atoms with E-state index in [1.54, 1.807) is 0 Å². The van der Waals surface area contributed by atoms with Crippen LogP contribution in [0.4, 0.5) is 0 Å². The topological polar surface area (TPSA) is 129 Å². The van der Waals surface area contributed by atoms with E-state index >= 15 is 0 Å². The Balaban J connectivity index is 4.83. The Morgan fingerprint density at radius 1 is 0.410 bits per heavy atom. The Kier molecular flexibility index (Phi) is 9.38. The largest absolute Gasteiger partial charge is 0.366 e. The number of primary amides is 3. The molecule has 0 saturated carbocycles. The highest BCUT2D eigenvalue weighted by atomic mass is 16.2. The van der Waals surface area contributed by atoms with Gasteiger partial charge in [0.2, 0.25) is 17.7 Å². The fraction of sp³-hybridized carbons (Fsp3) is 0.727. The predicted octanol–water partition coefficient (Wildman–Crippen LogP) is 7.12. The molecule has 6 N–H and O–H groups in total. The number of rotatable bonds is 9. The van der Waals surface area contributed by atoms with Crippen molar-refractivity contribution in [3.8, 4) is 0 Å². The summed E-state index contributed by atoms with van der Waals surface area (Å²) in [4.78, 5) is 40.6. The van der Waals surface area contributed by atoms with Gasteiger partial charge in [-0.1, -0.05) is 104 Å². The first-order chi connectivity index (χ1) is 17.0. The lowest BCUT2D eigenvalue weighted by Crippen LogP contribution is -2.42. The average molecular weight is 544 g/mol. The number of amides is 3. The van der Waals surface area contributed by atoms with Gasteiger partial charge in [0.1, 0.15) is 0 Å². The van der Waals surface area contributed by atoms with E-state index in [0.29, 0.717) is 36.0 Å². The molecule has 0 aliphatic heterocycles. The smallest absolute Gasteiger partial charge is 0.249 e. The molecule has 222 valence electrons. The standard InChI is InChI=1S/C33H57N3O3/c1-28(2,3)16-31(10,11)22-19(25(34)37)23(32(12,13)17-29(4,5)6)21(27(36)39)24(20(22)26(35)38)33(14,15)18-30(7,8)9/h16-18H2,1-15H3,(H2,34,37)(H2,35,38)(H2,36,39). The van der Waals surface area contributed by atoms with E-state index < -0.39 is 34.0 Å². The molecule has 6 heteroatoms. The van der Waals surface area contributed by atoms with E-state index in [-0.39, 0.29) is 32.9 Å². The van der Waals surface area contributed by atoms with Crippen molar-refractivity contribution in [2.24, 2.45) is 33.4 Å². The van der Waals surface area contributed by atoms with Gasteiger partial charge in [0, 0.05) is 16.7 Å². The highest BCUT2D eigenvalue weighted by Crippen LogP contribution is 2.51. The lowest BCUT2D eigenvalue weighted by molar-refractivity contribution is 0.0986. The van der Waals surface area contributed by atoms with Gasteiger partial charge in [-0.25, -0.2) is 0 Å². The van der Waals surface area contributed by atoms with Crippen LogP contribution in [0.5, 0.6) is 0 Å². The molecule has 0 heterocycles. The Labute approximate surface area is 238 Å². The molecule has 0 unspecified atom stereocenters. The third-order valence-corrected chi connectivity index (χ3v) is 7.19. The van der Waals surface area contributed by atoms with Crippen LogP contribution in [0.3, 0.4) is 0 Å². The lowest BCUT2D eigenvalue weighted by Gasteiger charge is -2.44. The van der Waals surface area contributed by atoms with Crippen LogP contribution < -0.4 is 17.2 Å². The number of benzene rings is 1. The van der Waals surface area contributed by atoms with Crippen molar-refractivity contribution in [1.29, 1.82) is 0 Å². The summed E-state index contributed by atoms with van der Waals surface area (Å²) < 4.78 is 0. The van der Waals surface area contributed by atoms with Crippen molar-refractivity contribution in [1.82, 2.24) is 0 Å². The highest BCUT2D eigenvalue weighted by molar-refractivity contribution is 6.10. The first kappa shape index (κ1) is 34.7. The van der Waals surface area contributed by atoms with Gasteiger partial charge in [-0.05, 0) is 68.4 Å². The molecule has 0 spiro atoms. The van der Waals surface area contributed by atoms with Crippen LogP contribution in [0, 0.1) is 16.2 Å². The molecule has 0 saturated heterocycles. The van der Waals surface area contributed by atoms with Crippen molar-refractivity contribution >= 4 is 17.7 Å². The summed E-state index contributed by atoms with van der Waals surface area (Å²) in [7, 11) is 0. The van der Waals surface area contributed by atoms with Gasteiger partial charge in [-0.3, -0.25) is 14.4 Å². The van der Waals surface area contributed by atoms with Crippen LogP contribution in [0.25, 0.3) is 0 Å². The summed E-state index contributed by atoms with van der Waals surface area (Å²) in [5, 5.41) is 0.